The lowest BCUT2D eigenvalue weighted by Gasteiger charge is -2.28. The van der Waals surface area contributed by atoms with Gasteiger partial charge in [0.25, 0.3) is 0 Å². The Morgan fingerprint density at radius 3 is 3.00 bits per heavy atom. The zero-order valence-electron chi connectivity index (χ0n) is 12.3. The summed E-state index contributed by atoms with van der Waals surface area (Å²) >= 11 is 1.77. The van der Waals surface area contributed by atoms with Crippen LogP contribution in [-0.2, 0) is 22.6 Å². The number of carbonyl (C=O) groups is 2. The van der Waals surface area contributed by atoms with Crippen LogP contribution >= 0.6 is 11.3 Å². The zero-order chi connectivity index (χ0) is 14.8. The number of hydrogen-bond acceptors (Lipinski definition) is 4. The van der Waals surface area contributed by atoms with Crippen LogP contribution in [0.1, 0.15) is 23.3 Å². The molecule has 0 spiro atoms. The van der Waals surface area contributed by atoms with E-state index < -0.39 is 0 Å². The van der Waals surface area contributed by atoms with E-state index in [1.807, 2.05) is 11.9 Å². The van der Waals surface area contributed by atoms with Crippen LogP contribution in [0.4, 0.5) is 0 Å². The van der Waals surface area contributed by atoms with E-state index in [0.29, 0.717) is 25.7 Å². The Morgan fingerprint density at radius 2 is 2.24 bits per heavy atom. The molecular weight excluding hydrogens is 286 g/mol. The molecule has 2 heterocycles. The van der Waals surface area contributed by atoms with Gasteiger partial charge in [-0.1, -0.05) is 0 Å². The number of hydrogen-bond donors (Lipinski definition) is 1. The molecule has 1 aromatic rings. The highest BCUT2D eigenvalue weighted by molar-refractivity contribution is 7.10. The third-order valence-corrected chi connectivity index (χ3v) is 4.94. The van der Waals surface area contributed by atoms with Gasteiger partial charge >= 0.3 is 0 Å². The van der Waals surface area contributed by atoms with Crippen molar-refractivity contribution in [1.29, 1.82) is 0 Å². The number of likely N-dealkylation sites (N-methyl/N-ethyl adjacent to an activating group) is 1. The maximum atomic E-state index is 12.3. The Hall–Kier alpha value is -1.40. The van der Waals surface area contributed by atoms with Crippen molar-refractivity contribution in [2.75, 3.05) is 26.7 Å². The molecule has 0 radical (unpaired) electrons. The smallest absolute Gasteiger partial charge is 0.237 e. The average Bonchev–Trinajstić information content (AvgIpc) is 3.12. The molecule has 1 N–H and O–H groups in total. The minimum Gasteiger partial charge on any atom is -0.352 e. The summed E-state index contributed by atoms with van der Waals surface area (Å²) in [5.74, 6) is 0.125. The molecule has 1 aromatic heterocycles. The van der Waals surface area contributed by atoms with E-state index in [1.54, 1.807) is 16.2 Å². The maximum absolute atomic E-state index is 12.3. The summed E-state index contributed by atoms with van der Waals surface area (Å²) in [6.07, 6.45) is 3.13. The summed E-state index contributed by atoms with van der Waals surface area (Å²) in [5.41, 5.74) is 1.27. The van der Waals surface area contributed by atoms with E-state index in [9.17, 15) is 9.59 Å². The van der Waals surface area contributed by atoms with Gasteiger partial charge in [0.05, 0.1) is 13.1 Å². The molecule has 3 rings (SSSR count). The van der Waals surface area contributed by atoms with E-state index in [1.165, 1.54) is 10.4 Å². The number of nitrogens with one attached hydrogen (secondary N) is 1. The van der Waals surface area contributed by atoms with Gasteiger partial charge < -0.3 is 10.2 Å². The second-order valence-corrected chi connectivity index (χ2v) is 6.95. The predicted molar refractivity (Wildman–Crippen MR) is 82.1 cm³/mol. The van der Waals surface area contributed by atoms with Crippen LogP contribution in [0.5, 0.6) is 0 Å². The first-order chi connectivity index (χ1) is 10.1. The molecular formula is C15H21N3O2S. The monoisotopic (exact) mass is 307 g/mol. The standard InChI is InChI=1S/C15H21N3O2S/c1-17(9-14(19)16-12-2-3-12)10-15(20)18-6-4-13-11(8-18)5-7-21-13/h5,7,12H,2-4,6,8-10H2,1H3,(H,16,19). The lowest BCUT2D eigenvalue weighted by Crippen LogP contribution is -2.44. The number of thiophene rings is 1. The second-order valence-electron chi connectivity index (χ2n) is 5.95. The Bertz CT molecular complexity index is 539. The van der Waals surface area contributed by atoms with Gasteiger partial charge in [-0.25, -0.2) is 0 Å². The zero-order valence-corrected chi connectivity index (χ0v) is 13.1. The Morgan fingerprint density at radius 1 is 1.43 bits per heavy atom. The lowest BCUT2D eigenvalue weighted by molar-refractivity contribution is -0.133. The Labute approximate surface area is 128 Å². The highest BCUT2D eigenvalue weighted by Crippen LogP contribution is 2.24. The van der Waals surface area contributed by atoms with Crippen molar-refractivity contribution in [3.8, 4) is 0 Å². The molecule has 5 nitrogen and oxygen atoms in total. The topological polar surface area (TPSA) is 52.7 Å². The highest BCUT2D eigenvalue weighted by atomic mass is 32.1. The third kappa shape index (κ3) is 3.83. The number of nitrogens with zero attached hydrogens (tertiary/aromatic N) is 2. The minimum absolute atomic E-state index is 0.0200. The first-order valence-corrected chi connectivity index (χ1v) is 8.30. The van der Waals surface area contributed by atoms with Crippen LogP contribution in [0.15, 0.2) is 11.4 Å². The van der Waals surface area contributed by atoms with E-state index >= 15 is 0 Å². The molecule has 114 valence electrons. The molecule has 0 saturated heterocycles. The largest absolute Gasteiger partial charge is 0.352 e. The number of rotatable bonds is 5. The van der Waals surface area contributed by atoms with E-state index in [0.717, 1.165) is 25.8 Å². The average molecular weight is 307 g/mol. The molecule has 1 fully saturated rings. The van der Waals surface area contributed by atoms with Crippen LogP contribution in [0.2, 0.25) is 0 Å². The molecule has 1 saturated carbocycles. The van der Waals surface area contributed by atoms with Crippen LogP contribution in [-0.4, -0.2) is 54.3 Å². The molecule has 6 heteroatoms. The fourth-order valence-corrected chi connectivity index (χ4v) is 3.48. The summed E-state index contributed by atoms with van der Waals surface area (Å²) in [6, 6.07) is 2.48. The molecule has 0 unspecified atom stereocenters. The van der Waals surface area contributed by atoms with Crippen LogP contribution < -0.4 is 5.32 Å². The van der Waals surface area contributed by atoms with Gasteiger partial charge in [-0.15, -0.1) is 11.3 Å². The fourth-order valence-electron chi connectivity index (χ4n) is 2.59. The summed E-state index contributed by atoms with van der Waals surface area (Å²) in [5, 5.41) is 5.03. The normalized spacial score (nSPS) is 17.7. The number of fused-ring (bicyclic) bond motifs is 1. The summed E-state index contributed by atoms with van der Waals surface area (Å²) in [6.45, 7) is 2.09. The van der Waals surface area contributed by atoms with Crippen molar-refractivity contribution in [3.63, 3.8) is 0 Å². The highest BCUT2D eigenvalue weighted by Gasteiger charge is 2.25. The molecule has 1 aliphatic heterocycles. The summed E-state index contributed by atoms with van der Waals surface area (Å²) in [4.78, 5) is 29.1. The van der Waals surface area contributed by atoms with E-state index in [4.69, 9.17) is 0 Å². The predicted octanol–water partition coefficient (Wildman–Crippen LogP) is 0.843. The van der Waals surface area contributed by atoms with Crippen LogP contribution in [0.3, 0.4) is 0 Å². The SMILES string of the molecule is CN(CC(=O)NC1CC1)CC(=O)N1CCc2sccc2C1. The van der Waals surface area contributed by atoms with Gasteiger partial charge in [0, 0.05) is 24.0 Å². The molecule has 0 bridgehead atoms. The lowest BCUT2D eigenvalue weighted by atomic mass is 10.1. The minimum atomic E-state index is 0.0200. The van der Waals surface area contributed by atoms with Crippen LogP contribution in [0, 0.1) is 0 Å². The summed E-state index contributed by atoms with van der Waals surface area (Å²) < 4.78 is 0. The van der Waals surface area contributed by atoms with Crippen molar-refractivity contribution in [2.24, 2.45) is 0 Å². The molecule has 1 aliphatic carbocycles. The molecule has 2 amide bonds. The quantitative estimate of drug-likeness (QED) is 0.877. The van der Waals surface area contributed by atoms with Crippen molar-refractivity contribution in [1.82, 2.24) is 15.1 Å². The van der Waals surface area contributed by atoms with Crippen molar-refractivity contribution in [3.05, 3.63) is 21.9 Å². The number of amides is 2. The fraction of sp³-hybridized carbons (Fsp3) is 0.600. The Kier molecular flexibility index (Phi) is 4.26. The van der Waals surface area contributed by atoms with E-state index in [2.05, 4.69) is 16.8 Å². The first kappa shape index (κ1) is 14.5. The maximum Gasteiger partial charge on any atom is 0.237 e. The van der Waals surface area contributed by atoms with Crippen molar-refractivity contribution >= 4 is 23.2 Å². The Balaban J connectivity index is 1.46. The molecule has 2 aliphatic rings. The van der Waals surface area contributed by atoms with Crippen molar-refractivity contribution in [2.45, 2.75) is 31.8 Å². The molecule has 0 atom stereocenters. The van der Waals surface area contributed by atoms with Crippen LogP contribution in [0.25, 0.3) is 0 Å². The second kappa shape index (κ2) is 6.15. The first-order valence-electron chi connectivity index (χ1n) is 7.43. The van der Waals surface area contributed by atoms with Gasteiger partial charge in [-0.2, -0.15) is 0 Å². The molecule has 21 heavy (non-hydrogen) atoms. The van der Waals surface area contributed by atoms with Gasteiger partial charge in [0.2, 0.25) is 11.8 Å². The van der Waals surface area contributed by atoms with Gasteiger partial charge in [0.1, 0.15) is 0 Å². The van der Waals surface area contributed by atoms with Gasteiger partial charge in [-0.3, -0.25) is 14.5 Å². The summed E-state index contributed by atoms with van der Waals surface area (Å²) in [7, 11) is 1.82. The van der Waals surface area contributed by atoms with Gasteiger partial charge in [-0.05, 0) is 43.3 Å². The molecule has 0 aromatic carbocycles. The van der Waals surface area contributed by atoms with Crippen molar-refractivity contribution < 1.29 is 9.59 Å². The van der Waals surface area contributed by atoms with E-state index in [-0.39, 0.29) is 11.8 Å². The third-order valence-electron chi connectivity index (χ3n) is 3.92. The number of carbonyl (C=O) groups excluding carboxylic acids is 2. The van der Waals surface area contributed by atoms with Gasteiger partial charge in [0.15, 0.2) is 0 Å².